The molecular weight excluding hydrogens is 337 g/mol. The van der Waals surface area contributed by atoms with Gasteiger partial charge in [-0.3, -0.25) is 10.0 Å². The van der Waals surface area contributed by atoms with E-state index in [2.05, 4.69) is 4.74 Å². The fraction of sp³-hybridized carbons (Fsp3) is 0.467. The minimum Gasteiger partial charge on any atom is -0.467 e. The van der Waals surface area contributed by atoms with Crippen molar-refractivity contribution in [2.45, 2.75) is 25.7 Å². The van der Waals surface area contributed by atoms with Gasteiger partial charge in [-0.1, -0.05) is 22.2 Å². The predicted molar refractivity (Wildman–Crippen MR) is 82.9 cm³/mol. The molecule has 0 radical (unpaired) electrons. The first-order chi connectivity index (χ1) is 11.4. The molecule has 0 saturated carbocycles. The third-order valence-corrected chi connectivity index (χ3v) is 4.37. The van der Waals surface area contributed by atoms with E-state index in [1.165, 1.54) is 7.11 Å². The molecule has 1 N–H and O–H groups in total. The van der Waals surface area contributed by atoms with Gasteiger partial charge in [-0.25, -0.2) is 14.4 Å². The van der Waals surface area contributed by atoms with E-state index in [0.717, 1.165) is 11.1 Å². The number of amides is 1. The van der Waals surface area contributed by atoms with Crippen molar-refractivity contribution in [2.75, 3.05) is 20.3 Å². The minimum absolute atomic E-state index is 0.137. The Morgan fingerprint density at radius 1 is 1.46 bits per heavy atom. The highest BCUT2D eigenvalue weighted by atomic mass is 31.1. The summed E-state index contributed by atoms with van der Waals surface area (Å²) < 4.78 is 26.4. The zero-order valence-electron chi connectivity index (χ0n) is 13.4. The highest BCUT2D eigenvalue weighted by Gasteiger charge is 2.31. The average Bonchev–Trinajstić information content (AvgIpc) is 2.56. The average molecular weight is 356 g/mol. The zero-order valence-corrected chi connectivity index (χ0v) is 14.3. The molecule has 2 atom stereocenters. The van der Waals surface area contributed by atoms with Crippen molar-refractivity contribution in [3.05, 3.63) is 29.3 Å². The highest BCUT2D eigenvalue weighted by Crippen LogP contribution is 2.38. The summed E-state index contributed by atoms with van der Waals surface area (Å²) in [7, 11) is -1.36. The Kier molecular flexibility index (Phi) is 6.25. The topological polar surface area (TPSA) is 102 Å². The Hall–Kier alpha value is -2.02. The van der Waals surface area contributed by atoms with Crippen LogP contribution in [0.3, 0.4) is 0 Å². The van der Waals surface area contributed by atoms with Crippen molar-refractivity contribution in [1.82, 2.24) is 5.06 Å². The number of ether oxygens (including phenoxy) is 1. The number of esters is 1. The summed E-state index contributed by atoms with van der Waals surface area (Å²) in [4.78, 5) is 22.4. The van der Waals surface area contributed by atoms with E-state index in [4.69, 9.17) is 9.05 Å². The molecule has 1 saturated heterocycles. The SMILES string of the molecule is COC(=O)CO[P+](=O)Oc1ccc(C)cc1C1CCC(=O)N(O)C1. The molecule has 1 aromatic carbocycles. The van der Waals surface area contributed by atoms with E-state index in [-0.39, 0.29) is 24.8 Å². The first kappa shape index (κ1) is 18.3. The maximum Gasteiger partial charge on any atom is 0.750 e. The summed E-state index contributed by atoms with van der Waals surface area (Å²) in [5, 5.41) is 10.3. The van der Waals surface area contributed by atoms with Crippen LogP contribution in [0.5, 0.6) is 5.75 Å². The second-order valence-corrected chi connectivity index (χ2v) is 6.31. The van der Waals surface area contributed by atoms with E-state index in [1.54, 1.807) is 12.1 Å². The van der Waals surface area contributed by atoms with Gasteiger partial charge in [0.15, 0.2) is 5.75 Å². The van der Waals surface area contributed by atoms with Crippen molar-refractivity contribution >= 4 is 20.1 Å². The van der Waals surface area contributed by atoms with Crippen LogP contribution in [-0.4, -0.2) is 42.4 Å². The number of rotatable bonds is 6. The number of nitrogens with zero attached hydrogens (tertiary/aromatic N) is 1. The fourth-order valence-corrected chi connectivity index (χ4v) is 3.01. The standard InChI is InChI=1S/C15H19NO7P/c1-10-3-5-13(23-24(20)22-9-15(18)21-2)12(7-10)11-4-6-14(17)16(19)8-11/h3,5,7,11,19H,4,6,8-9H2,1-2H3/q+1. The molecule has 2 unspecified atom stereocenters. The number of hydroxylamine groups is 2. The number of carbonyl (C=O) groups excluding carboxylic acids is 2. The highest BCUT2D eigenvalue weighted by molar-refractivity contribution is 7.33. The number of benzene rings is 1. The smallest absolute Gasteiger partial charge is 0.467 e. The lowest BCUT2D eigenvalue weighted by atomic mass is 9.89. The number of piperidine rings is 1. The minimum atomic E-state index is -2.56. The van der Waals surface area contributed by atoms with Crippen molar-refractivity contribution < 1.29 is 33.1 Å². The lowest BCUT2D eigenvalue weighted by Crippen LogP contribution is -2.36. The molecule has 1 heterocycles. The lowest BCUT2D eigenvalue weighted by Gasteiger charge is -2.28. The van der Waals surface area contributed by atoms with Crippen LogP contribution in [0.2, 0.25) is 0 Å². The molecule has 0 aromatic heterocycles. The van der Waals surface area contributed by atoms with Gasteiger partial charge < -0.3 is 4.74 Å². The van der Waals surface area contributed by atoms with E-state index in [9.17, 15) is 19.4 Å². The van der Waals surface area contributed by atoms with Gasteiger partial charge in [0, 0.05) is 22.5 Å². The summed E-state index contributed by atoms with van der Waals surface area (Å²) in [6.45, 7) is 1.55. The van der Waals surface area contributed by atoms with Gasteiger partial charge in [0.05, 0.1) is 13.7 Å². The molecule has 0 aliphatic carbocycles. The van der Waals surface area contributed by atoms with Crippen molar-refractivity contribution in [3.8, 4) is 5.75 Å². The second-order valence-electron chi connectivity index (χ2n) is 5.42. The fourth-order valence-electron chi connectivity index (χ4n) is 2.42. The molecule has 1 aromatic rings. The van der Waals surface area contributed by atoms with E-state index in [0.29, 0.717) is 17.2 Å². The first-order valence-corrected chi connectivity index (χ1v) is 8.45. The van der Waals surface area contributed by atoms with Crippen LogP contribution in [0.15, 0.2) is 18.2 Å². The third kappa shape index (κ3) is 4.74. The van der Waals surface area contributed by atoms with Crippen molar-refractivity contribution in [3.63, 3.8) is 0 Å². The molecule has 1 fully saturated rings. The van der Waals surface area contributed by atoms with Crippen LogP contribution in [0.1, 0.15) is 29.9 Å². The number of aryl methyl sites for hydroxylation is 1. The van der Waals surface area contributed by atoms with Crippen molar-refractivity contribution in [1.29, 1.82) is 0 Å². The summed E-state index contributed by atoms with van der Waals surface area (Å²) in [6, 6.07) is 5.29. The number of hydrogen-bond acceptors (Lipinski definition) is 7. The maximum atomic E-state index is 11.9. The quantitative estimate of drug-likeness (QED) is 0.474. The molecular formula is C15H19NO7P+. The van der Waals surface area contributed by atoms with Gasteiger partial charge in [0.2, 0.25) is 12.5 Å². The first-order valence-electron chi connectivity index (χ1n) is 7.35. The Morgan fingerprint density at radius 3 is 2.88 bits per heavy atom. The Labute approximate surface area is 140 Å². The largest absolute Gasteiger partial charge is 0.750 e. The summed E-state index contributed by atoms with van der Waals surface area (Å²) in [5.74, 6) is -0.799. The summed E-state index contributed by atoms with van der Waals surface area (Å²) >= 11 is 0. The number of carbonyl (C=O) groups is 2. The van der Waals surface area contributed by atoms with Gasteiger partial charge in [-0.15, -0.1) is 0 Å². The molecule has 2 rings (SSSR count). The molecule has 130 valence electrons. The monoisotopic (exact) mass is 356 g/mol. The molecule has 1 amide bonds. The third-order valence-electron chi connectivity index (χ3n) is 3.68. The van der Waals surface area contributed by atoms with E-state index in [1.807, 2.05) is 13.0 Å². The van der Waals surface area contributed by atoms with Crippen LogP contribution in [-0.2, 0) is 23.4 Å². The Balaban J connectivity index is 2.11. The Morgan fingerprint density at radius 2 is 2.21 bits per heavy atom. The van der Waals surface area contributed by atoms with Crippen LogP contribution in [0.4, 0.5) is 0 Å². The van der Waals surface area contributed by atoms with E-state index < -0.39 is 20.8 Å². The van der Waals surface area contributed by atoms with Crippen LogP contribution in [0.25, 0.3) is 0 Å². The summed E-state index contributed by atoms with van der Waals surface area (Å²) in [6.07, 6.45) is 0.773. The molecule has 24 heavy (non-hydrogen) atoms. The molecule has 8 nitrogen and oxygen atoms in total. The molecule has 1 aliphatic heterocycles. The lowest BCUT2D eigenvalue weighted by molar-refractivity contribution is -0.171. The van der Waals surface area contributed by atoms with Crippen LogP contribution < -0.4 is 4.52 Å². The van der Waals surface area contributed by atoms with Gasteiger partial charge >= 0.3 is 14.2 Å². The summed E-state index contributed by atoms with van der Waals surface area (Å²) in [5.41, 5.74) is 1.69. The van der Waals surface area contributed by atoms with Gasteiger partial charge in [0.1, 0.15) is 0 Å². The van der Waals surface area contributed by atoms with Gasteiger partial charge in [-0.05, 0) is 19.4 Å². The normalized spacial score (nSPS) is 18.3. The Bertz CT molecular complexity index is 649. The molecule has 0 bridgehead atoms. The van der Waals surface area contributed by atoms with Gasteiger partial charge in [0.25, 0.3) is 0 Å². The maximum absolute atomic E-state index is 11.9. The van der Waals surface area contributed by atoms with Crippen LogP contribution in [0, 0.1) is 6.92 Å². The van der Waals surface area contributed by atoms with Crippen molar-refractivity contribution in [2.24, 2.45) is 0 Å². The number of methoxy groups -OCH3 is 1. The van der Waals surface area contributed by atoms with E-state index >= 15 is 0 Å². The molecule has 1 aliphatic rings. The predicted octanol–water partition coefficient (Wildman–Crippen LogP) is 2.32. The van der Waals surface area contributed by atoms with Crippen LogP contribution >= 0.6 is 8.25 Å². The number of hydrogen-bond donors (Lipinski definition) is 1. The molecule has 9 heteroatoms. The zero-order chi connectivity index (χ0) is 17.7. The second kappa shape index (κ2) is 8.19. The molecule has 0 spiro atoms. The van der Waals surface area contributed by atoms with Gasteiger partial charge in [-0.2, -0.15) is 0 Å².